The maximum absolute atomic E-state index is 13.2. The van der Waals surface area contributed by atoms with Crippen LogP contribution in [0, 0.1) is 13.8 Å². The summed E-state index contributed by atoms with van der Waals surface area (Å²) in [6.07, 6.45) is 0. The standard InChI is InChI=1S/C25H22BrN3O3S/c1-15-3-6-18(11-16(15)2)24-13-22(21-12-19(26)7-10-23(21)29-24)25(30)28-14-17-4-8-20(9-5-17)33(27,31)32/h3-13H,14H2,1-2H3,(H,28,30)(H2,27,31,32). The number of sulfonamides is 1. The van der Waals surface area contributed by atoms with Gasteiger partial charge in [-0.25, -0.2) is 18.5 Å². The molecule has 0 spiro atoms. The molecule has 4 rings (SSSR count). The zero-order valence-corrected chi connectivity index (χ0v) is 20.5. The highest BCUT2D eigenvalue weighted by atomic mass is 79.9. The first-order valence-corrected chi connectivity index (χ1v) is 12.5. The zero-order valence-electron chi connectivity index (χ0n) is 18.1. The molecule has 0 aliphatic rings. The Bertz CT molecular complexity index is 1480. The number of primary sulfonamides is 1. The molecule has 0 aliphatic carbocycles. The number of hydrogen-bond acceptors (Lipinski definition) is 4. The molecule has 0 atom stereocenters. The fourth-order valence-electron chi connectivity index (χ4n) is 3.51. The molecule has 0 saturated carbocycles. The average molecular weight is 524 g/mol. The number of aryl methyl sites for hydroxylation is 2. The number of carbonyl (C=O) groups excluding carboxylic acids is 1. The van der Waals surface area contributed by atoms with Crippen LogP contribution in [0.25, 0.3) is 22.2 Å². The van der Waals surface area contributed by atoms with Gasteiger partial charge in [-0.2, -0.15) is 0 Å². The Hall–Kier alpha value is -3.07. The normalized spacial score (nSPS) is 11.5. The highest BCUT2D eigenvalue weighted by molar-refractivity contribution is 9.10. The summed E-state index contributed by atoms with van der Waals surface area (Å²) < 4.78 is 23.7. The third kappa shape index (κ3) is 5.13. The number of pyridine rings is 1. The number of benzene rings is 3. The van der Waals surface area contributed by atoms with Gasteiger partial charge in [0.15, 0.2) is 0 Å². The number of amides is 1. The zero-order chi connectivity index (χ0) is 23.8. The third-order valence-corrected chi connectivity index (χ3v) is 6.95. The van der Waals surface area contributed by atoms with Crippen LogP contribution in [0.5, 0.6) is 0 Å². The predicted octanol–water partition coefficient (Wildman–Crippen LogP) is 4.86. The Morgan fingerprint density at radius 1 is 0.970 bits per heavy atom. The van der Waals surface area contributed by atoms with Crippen LogP contribution in [-0.2, 0) is 16.6 Å². The van der Waals surface area contributed by atoms with Gasteiger partial charge in [0.1, 0.15) is 0 Å². The van der Waals surface area contributed by atoms with Crippen molar-refractivity contribution in [2.75, 3.05) is 0 Å². The second-order valence-electron chi connectivity index (χ2n) is 7.89. The summed E-state index contributed by atoms with van der Waals surface area (Å²) in [7, 11) is -3.76. The van der Waals surface area contributed by atoms with Crippen molar-refractivity contribution in [2.24, 2.45) is 5.14 Å². The van der Waals surface area contributed by atoms with E-state index in [2.05, 4.69) is 34.2 Å². The summed E-state index contributed by atoms with van der Waals surface area (Å²) in [6, 6.07) is 19.7. The van der Waals surface area contributed by atoms with E-state index in [0.29, 0.717) is 5.56 Å². The number of rotatable bonds is 5. The highest BCUT2D eigenvalue weighted by Gasteiger charge is 2.15. The molecule has 168 valence electrons. The summed E-state index contributed by atoms with van der Waals surface area (Å²) in [5.41, 5.74) is 5.98. The first-order valence-electron chi connectivity index (χ1n) is 10.2. The number of aromatic nitrogens is 1. The van der Waals surface area contributed by atoms with Crippen LogP contribution in [0.4, 0.5) is 0 Å². The average Bonchev–Trinajstić information content (AvgIpc) is 2.78. The van der Waals surface area contributed by atoms with E-state index in [0.717, 1.165) is 37.8 Å². The molecule has 0 bridgehead atoms. The topological polar surface area (TPSA) is 102 Å². The lowest BCUT2D eigenvalue weighted by atomic mass is 10.0. The van der Waals surface area contributed by atoms with Crippen molar-refractivity contribution >= 4 is 42.8 Å². The number of nitrogens with one attached hydrogen (secondary N) is 1. The Morgan fingerprint density at radius 3 is 2.36 bits per heavy atom. The molecule has 3 N–H and O–H groups in total. The molecule has 0 fully saturated rings. The minimum Gasteiger partial charge on any atom is -0.348 e. The molecule has 1 aromatic heterocycles. The highest BCUT2D eigenvalue weighted by Crippen LogP contribution is 2.28. The van der Waals surface area contributed by atoms with Crippen LogP contribution in [0.15, 0.2) is 76.1 Å². The van der Waals surface area contributed by atoms with E-state index in [1.54, 1.807) is 18.2 Å². The summed E-state index contributed by atoms with van der Waals surface area (Å²) in [5.74, 6) is -0.249. The maximum Gasteiger partial charge on any atom is 0.252 e. The van der Waals surface area contributed by atoms with Crippen LogP contribution >= 0.6 is 15.9 Å². The van der Waals surface area contributed by atoms with Gasteiger partial charge < -0.3 is 5.32 Å². The van der Waals surface area contributed by atoms with Gasteiger partial charge in [0, 0.05) is 22.0 Å². The van der Waals surface area contributed by atoms with E-state index < -0.39 is 10.0 Å². The summed E-state index contributed by atoms with van der Waals surface area (Å²) in [6.45, 7) is 4.34. The van der Waals surface area contributed by atoms with E-state index in [-0.39, 0.29) is 17.3 Å². The molecule has 4 aromatic rings. The minimum atomic E-state index is -3.76. The molecule has 0 radical (unpaired) electrons. The van der Waals surface area contributed by atoms with Gasteiger partial charge in [0.2, 0.25) is 10.0 Å². The van der Waals surface area contributed by atoms with Crippen molar-refractivity contribution in [3.63, 3.8) is 0 Å². The van der Waals surface area contributed by atoms with Gasteiger partial charge in [-0.3, -0.25) is 4.79 Å². The monoisotopic (exact) mass is 523 g/mol. The number of fused-ring (bicyclic) bond motifs is 1. The molecule has 0 unspecified atom stereocenters. The summed E-state index contributed by atoms with van der Waals surface area (Å²) in [4.78, 5) is 18.0. The van der Waals surface area contributed by atoms with Crippen molar-refractivity contribution in [1.29, 1.82) is 0 Å². The van der Waals surface area contributed by atoms with Crippen LogP contribution in [-0.4, -0.2) is 19.3 Å². The third-order valence-electron chi connectivity index (χ3n) is 5.52. The van der Waals surface area contributed by atoms with Gasteiger partial charge in [-0.15, -0.1) is 0 Å². The minimum absolute atomic E-state index is 0.0283. The van der Waals surface area contributed by atoms with E-state index in [1.807, 2.05) is 37.3 Å². The molecule has 0 saturated heterocycles. The van der Waals surface area contributed by atoms with Gasteiger partial charge in [0.25, 0.3) is 5.91 Å². The van der Waals surface area contributed by atoms with E-state index in [1.165, 1.54) is 17.7 Å². The Balaban J connectivity index is 1.68. The second-order valence-corrected chi connectivity index (χ2v) is 10.4. The number of nitrogens with two attached hydrogens (primary N) is 1. The molecule has 33 heavy (non-hydrogen) atoms. The second kappa shape index (κ2) is 9.05. The van der Waals surface area contributed by atoms with Crippen molar-refractivity contribution in [3.05, 3.63) is 93.5 Å². The van der Waals surface area contributed by atoms with E-state index >= 15 is 0 Å². The molecule has 3 aromatic carbocycles. The Kier molecular flexibility index (Phi) is 6.34. The van der Waals surface area contributed by atoms with Crippen LogP contribution in [0.1, 0.15) is 27.0 Å². The molecule has 0 aliphatic heterocycles. The Morgan fingerprint density at radius 2 is 1.70 bits per heavy atom. The van der Waals surface area contributed by atoms with Crippen molar-refractivity contribution in [1.82, 2.24) is 10.3 Å². The van der Waals surface area contributed by atoms with E-state index in [9.17, 15) is 13.2 Å². The van der Waals surface area contributed by atoms with Gasteiger partial charge in [-0.1, -0.05) is 40.2 Å². The van der Waals surface area contributed by atoms with Crippen LogP contribution in [0.2, 0.25) is 0 Å². The number of hydrogen-bond donors (Lipinski definition) is 2. The van der Waals surface area contributed by atoms with E-state index in [4.69, 9.17) is 10.1 Å². The smallest absolute Gasteiger partial charge is 0.252 e. The van der Waals surface area contributed by atoms with Crippen LogP contribution < -0.4 is 10.5 Å². The first kappa shape index (κ1) is 23.1. The van der Waals surface area contributed by atoms with Gasteiger partial charge in [0.05, 0.1) is 21.7 Å². The van der Waals surface area contributed by atoms with Gasteiger partial charge in [-0.05, 0) is 73.0 Å². The number of nitrogens with zero attached hydrogens (tertiary/aromatic N) is 1. The first-order chi connectivity index (χ1) is 15.6. The maximum atomic E-state index is 13.2. The summed E-state index contributed by atoms with van der Waals surface area (Å²) >= 11 is 3.48. The SMILES string of the molecule is Cc1ccc(-c2cc(C(=O)NCc3ccc(S(N)(=O)=O)cc3)c3cc(Br)ccc3n2)cc1C. The molecular formula is C25H22BrN3O3S. The molecule has 1 heterocycles. The fraction of sp³-hybridized carbons (Fsp3) is 0.120. The lowest BCUT2D eigenvalue weighted by Gasteiger charge is -2.12. The van der Waals surface area contributed by atoms with Crippen molar-refractivity contribution in [3.8, 4) is 11.3 Å². The summed E-state index contributed by atoms with van der Waals surface area (Å²) in [5, 5.41) is 8.80. The predicted molar refractivity (Wildman–Crippen MR) is 133 cm³/mol. The molecule has 8 heteroatoms. The van der Waals surface area contributed by atoms with Gasteiger partial charge >= 0.3 is 0 Å². The Labute approximate surface area is 201 Å². The molecule has 6 nitrogen and oxygen atoms in total. The lowest BCUT2D eigenvalue weighted by molar-refractivity contribution is 0.0952. The van der Waals surface area contributed by atoms with Crippen LogP contribution in [0.3, 0.4) is 0 Å². The molecular weight excluding hydrogens is 502 g/mol. The fourth-order valence-corrected chi connectivity index (χ4v) is 4.39. The largest absolute Gasteiger partial charge is 0.348 e. The molecule has 1 amide bonds. The lowest BCUT2D eigenvalue weighted by Crippen LogP contribution is -2.23. The van der Waals surface area contributed by atoms with Crippen molar-refractivity contribution < 1.29 is 13.2 Å². The number of carbonyl (C=O) groups is 1. The van der Waals surface area contributed by atoms with Crippen molar-refractivity contribution in [2.45, 2.75) is 25.3 Å². The number of halogens is 1. The quantitative estimate of drug-likeness (QED) is 0.389.